The van der Waals surface area contributed by atoms with Crippen LogP contribution in [0.1, 0.15) is 28.2 Å². The standard InChI is InChI=1S/C20H24N2O3.CH2O2/c1-14-10-17(23)12-19(21(14)2)20(24)22-9-8-16(13-22)11-15-4-6-18(25-3)7-5-15;2-1-3/h4-7,10,12,16H,8-9,11,13H2,1-3H3;1H,(H,2,3). The second-order valence-electron chi connectivity index (χ2n) is 6.84. The Bertz CT molecular complexity index is 873. The first-order valence-electron chi connectivity index (χ1n) is 9.07. The van der Waals surface area contributed by atoms with E-state index in [1.807, 2.05) is 31.0 Å². The van der Waals surface area contributed by atoms with Crippen molar-refractivity contribution in [2.24, 2.45) is 13.0 Å². The summed E-state index contributed by atoms with van der Waals surface area (Å²) >= 11 is 0. The highest BCUT2D eigenvalue weighted by Crippen LogP contribution is 2.23. The average Bonchev–Trinajstić information content (AvgIpc) is 3.14. The van der Waals surface area contributed by atoms with Gasteiger partial charge in [-0.2, -0.15) is 0 Å². The molecule has 0 spiro atoms. The van der Waals surface area contributed by atoms with Crippen molar-refractivity contribution in [3.63, 3.8) is 0 Å². The molecule has 1 aliphatic rings. The molecule has 0 aliphatic carbocycles. The first-order valence-corrected chi connectivity index (χ1v) is 9.07. The smallest absolute Gasteiger partial charge is 0.290 e. The van der Waals surface area contributed by atoms with Crippen LogP contribution in [0.2, 0.25) is 0 Å². The van der Waals surface area contributed by atoms with Gasteiger partial charge in [0.25, 0.3) is 12.4 Å². The Morgan fingerprint density at radius 2 is 1.93 bits per heavy atom. The first kappa shape index (κ1) is 21.2. The van der Waals surface area contributed by atoms with Gasteiger partial charge in [-0.05, 0) is 43.4 Å². The van der Waals surface area contributed by atoms with Crippen molar-refractivity contribution in [1.82, 2.24) is 9.47 Å². The minimum absolute atomic E-state index is 0.0551. The summed E-state index contributed by atoms with van der Waals surface area (Å²) in [5, 5.41) is 6.89. The van der Waals surface area contributed by atoms with Gasteiger partial charge in [0, 0.05) is 38.0 Å². The van der Waals surface area contributed by atoms with Crippen LogP contribution < -0.4 is 10.2 Å². The Labute approximate surface area is 164 Å². The monoisotopic (exact) mass is 386 g/mol. The number of hydrogen-bond acceptors (Lipinski definition) is 4. The molecule has 3 rings (SSSR count). The van der Waals surface area contributed by atoms with Gasteiger partial charge in [0.15, 0.2) is 5.43 Å². The van der Waals surface area contributed by atoms with Gasteiger partial charge in [-0.3, -0.25) is 14.4 Å². The number of carbonyl (C=O) groups excluding carboxylic acids is 1. The number of rotatable bonds is 4. The summed E-state index contributed by atoms with van der Waals surface area (Å²) in [6, 6.07) is 11.1. The van der Waals surface area contributed by atoms with Crippen molar-refractivity contribution in [3.05, 3.63) is 63.6 Å². The maximum atomic E-state index is 12.8. The number of benzene rings is 1. The number of pyridine rings is 1. The molecule has 28 heavy (non-hydrogen) atoms. The van der Waals surface area contributed by atoms with E-state index < -0.39 is 0 Å². The number of hydrogen-bond donors (Lipinski definition) is 1. The van der Waals surface area contributed by atoms with E-state index in [2.05, 4.69) is 12.1 Å². The highest BCUT2D eigenvalue weighted by atomic mass is 16.5. The average molecular weight is 386 g/mol. The lowest BCUT2D eigenvalue weighted by atomic mass is 9.99. The molecule has 1 fully saturated rings. The normalized spacial score (nSPS) is 15.5. The minimum Gasteiger partial charge on any atom is -0.497 e. The lowest BCUT2D eigenvalue weighted by molar-refractivity contribution is -0.122. The minimum atomic E-state index is -0.250. The third kappa shape index (κ3) is 5.22. The van der Waals surface area contributed by atoms with E-state index >= 15 is 0 Å². The summed E-state index contributed by atoms with van der Waals surface area (Å²) in [7, 11) is 3.49. The van der Waals surface area contributed by atoms with Gasteiger partial charge in [0.2, 0.25) is 0 Å². The Kier molecular flexibility index (Phi) is 7.37. The molecule has 1 aromatic carbocycles. The van der Waals surface area contributed by atoms with Crippen molar-refractivity contribution in [1.29, 1.82) is 0 Å². The molecule has 0 bridgehead atoms. The zero-order chi connectivity index (χ0) is 20.7. The van der Waals surface area contributed by atoms with E-state index in [0.29, 0.717) is 11.6 Å². The van der Waals surface area contributed by atoms with Crippen LogP contribution in [0.15, 0.2) is 41.2 Å². The van der Waals surface area contributed by atoms with Crippen LogP contribution in [0.4, 0.5) is 0 Å². The highest BCUT2D eigenvalue weighted by Gasteiger charge is 2.28. The van der Waals surface area contributed by atoms with E-state index in [-0.39, 0.29) is 17.8 Å². The summed E-state index contributed by atoms with van der Waals surface area (Å²) in [5.41, 5.74) is 2.40. The molecule has 1 amide bonds. The summed E-state index contributed by atoms with van der Waals surface area (Å²) in [6.45, 7) is 3.06. The molecule has 0 radical (unpaired) electrons. The van der Waals surface area contributed by atoms with Gasteiger partial charge in [0.05, 0.1) is 7.11 Å². The third-order valence-corrected chi connectivity index (χ3v) is 5.00. The van der Waals surface area contributed by atoms with Crippen LogP contribution in [-0.2, 0) is 18.3 Å². The molecular formula is C21H26N2O5. The fourth-order valence-electron chi connectivity index (χ4n) is 3.41. The Balaban J connectivity index is 0.000000878. The molecule has 7 nitrogen and oxygen atoms in total. The van der Waals surface area contributed by atoms with Crippen LogP contribution in [0.25, 0.3) is 0 Å². The van der Waals surface area contributed by atoms with E-state index in [1.165, 1.54) is 11.6 Å². The lowest BCUT2D eigenvalue weighted by Crippen LogP contribution is -2.32. The molecule has 1 atom stereocenters. The molecule has 150 valence electrons. The maximum Gasteiger partial charge on any atom is 0.290 e. The van der Waals surface area contributed by atoms with Crippen molar-refractivity contribution in [3.8, 4) is 5.75 Å². The zero-order valence-electron chi connectivity index (χ0n) is 16.4. The summed E-state index contributed by atoms with van der Waals surface area (Å²) in [6.07, 6.45) is 1.93. The predicted octanol–water partition coefficient (Wildman–Crippen LogP) is 2.11. The number of carboxylic acid groups (broad SMARTS) is 1. The van der Waals surface area contributed by atoms with Gasteiger partial charge >= 0.3 is 0 Å². The molecule has 1 unspecified atom stereocenters. The van der Waals surface area contributed by atoms with Gasteiger partial charge in [0.1, 0.15) is 11.4 Å². The Morgan fingerprint density at radius 3 is 2.54 bits per heavy atom. The number of likely N-dealkylation sites (tertiary alicyclic amines) is 1. The Hall–Kier alpha value is -3.09. The first-order chi connectivity index (χ1) is 13.4. The fraction of sp³-hybridized carbons (Fsp3) is 0.381. The van der Waals surface area contributed by atoms with Crippen LogP contribution in [0.5, 0.6) is 5.75 Å². The fourth-order valence-corrected chi connectivity index (χ4v) is 3.41. The molecule has 2 heterocycles. The summed E-state index contributed by atoms with van der Waals surface area (Å²) < 4.78 is 6.98. The van der Waals surface area contributed by atoms with Crippen LogP contribution in [-0.4, -0.2) is 47.2 Å². The van der Waals surface area contributed by atoms with Crippen LogP contribution in [0.3, 0.4) is 0 Å². The molecule has 0 saturated carbocycles. The second-order valence-corrected chi connectivity index (χ2v) is 6.84. The molecule has 2 aromatic rings. The second kappa shape index (κ2) is 9.73. The van der Waals surface area contributed by atoms with Gasteiger partial charge in [-0.1, -0.05) is 12.1 Å². The SMILES string of the molecule is COc1ccc(CC2CCN(C(=O)c3cc(=O)cc(C)n3C)C2)cc1.O=CO. The highest BCUT2D eigenvalue weighted by molar-refractivity contribution is 5.92. The number of carbonyl (C=O) groups is 2. The molecule has 1 aliphatic heterocycles. The molecular weight excluding hydrogens is 360 g/mol. The number of aromatic nitrogens is 1. The van der Waals surface area contributed by atoms with Crippen molar-refractivity contribution in [2.75, 3.05) is 20.2 Å². The number of amides is 1. The number of nitrogens with zero attached hydrogens (tertiary/aromatic N) is 2. The maximum absolute atomic E-state index is 12.8. The van der Waals surface area contributed by atoms with Crippen molar-refractivity contribution in [2.45, 2.75) is 19.8 Å². The lowest BCUT2D eigenvalue weighted by Gasteiger charge is -2.19. The number of ether oxygens (including phenoxy) is 1. The summed E-state index contributed by atoms with van der Waals surface area (Å²) in [5.74, 6) is 1.24. The van der Waals surface area contributed by atoms with Gasteiger partial charge in [-0.15, -0.1) is 0 Å². The van der Waals surface area contributed by atoms with Crippen molar-refractivity contribution >= 4 is 12.4 Å². The van der Waals surface area contributed by atoms with E-state index in [4.69, 9.17) is 14.6 Å². The third-order valence-electron chi connectivity index (χ3n) is 5.00. The van der Waals surface area contributed by atoms with Crippen molar-refractivity contribution < 1.29 is 19.4 Å². The van der Waals surface area contributed by atoms with E-state index in [9.17, 15) is 9.59 Å². The Morgan fingerprint density at radius 1 is 1.29 bits per heavy atom. The van der Waals surface area contributed by atoms with Crippen LogP contribution >= 0.6 is 0 Å². The van der Waals surface area contributed by atoms with E-state index in [0.717, 1.165) is 37.4 Å². The number of methoxy groups -OCH3 is 1. The molecule has 1 saturated heterocycles. The quantitative estimate of drug-likeness (QED) is 0.813. The van der Waals surface area contributed by atoms with Crippen LogP contribution in [0, 0.1) is 12.8 Å². The predicted molar refractivity (Wildman–Crippen MR) is 106 cm³/mol. The van der Waals surface area contributed by atoms with E-state index in [1.54, 1.807) is 17.7 Å². The number of aryl methyl sites for hydroxylation is 1. The van der Waals surface area contributed by atoms with Gasteiger partial charge in [-0.25, -0.2) is 0 Å². The van der Waals surface area contributed by atoms with Gasteiger partial charge < -0.3 is 19.3 Å². The largest absolute Gasteiger partial charge is 0.497 e. The molecule has 7 heteroatoms. The molecule has 1 aromatic heterocycles. The topological polar surface area (TPSA) is 88.8 Å². The zero-order valence-corrected chi connectivity index (χ0v) is 16.4. The molecule has 1 N–H and O–H groups in total. The summed E-state index contributed by atoms with van der Waals surface area (Å²) in [4.78, 5) is 34.8.